The Morgan fingerprint density at radius 2 is 2.00 bits per heavy atom. The average Bonchev–Trinajstić information content (AvgIpc) is 2.81. The molecule has 1 aromatic heterocycles. The summed E-state index contributed by atoms with van der Waals surface area (Å²) in [5.41, 5.74) is 0. The molecule has 0 saturated heterocycles. The maximum absolute atomic E-state index is 11.5. The van der Waals surface area contributed by atoms with E-state index in [-0.39, 0.29) is 38.4 Å². The summed E-state index contributed by atoms with van der Waals surface area (Å²) in [4.78, 5) is 32.7. The fourth-order valence-corrected chi connectivity index (χ4v) is 1.32. The summed E-state index contributed by atoms with van der Waals surface area (Å²) in [5.74, 6) is -2.53. The van der Waals surface area contributed by atoms with Gasteiger partial charge in [-0.2, -0.15) is 0 Å². The Hall–Kier alpha value is -2.15. The third-order valence-electron chi connectivity index (χ3n) is 2.25. The highest BCUT2D eigenvalue weighted by Crippen LogP contribution is 2.02. The lowest BCUT2D eigenvalue weighted by Crippen LogP contribution is -2.40. The van der Waals surface area contributed by atoms with Crippen molar-refractivity contribution in [1.82, 2.24) is 5.32 Å². The van der Waals surface area contributed by atoms with Crippen molar-refractivity contribution in [3.05, 3.63) is 24.2 Å². The van der Waals surface area contributed by atoms with Crippen LogP contribution in [0.2, 0.25) is 0 Å². The van der Waals surface area contributed by atoms with Crippen molar-refractivity contribution in [2.45, 2.75) is 26.3 Å². The number of carboxylic acid groups (broad SMARTS) is 2. The standard InChI is InChI=1S/C11H13NO6.CH4/c13-8(9-2-1-5-18-9)6-12-7(11(16)17)3-4-10(14)15;/h1-2,5,7,12H,3-4,6H2,(H,14,15)(H,16,17);1H4. The first-order valence-corrected chi connectivity index (χ1v) is 5.25. The molecule has 3 N–H and O–H groups in total. The van der Waals surface area contributed by atoms with Gasteiger partial charge in [-0.3, -0.25) is 19.7 Å². The number of hydrogen-bond acceptors (Lipinski definition) is 5. The summed E-state index contributed by atoms with van der Waals surface area (Å²) in [5, 5.41) is 19.8. The number of nitrogens with one attached hydrogen (secondary N) is 1. The molecule has 0 spiro atoms. The summed E-state index contributed by atoms with van der Waals surface area (Å²) < 4.78 is 4.86. The first-order valence-electron chi connectivity index (χ1n) is 5.25. The Morgan fingerprint density at radius 1 is 1.32 bits per heavy atom. The van der Waals surface area contributed by atoms with E-state index in [1.807, 2.05) is 0 Å². The van der Waals surface area contributed by atoms with Crippen molar-refractivity contribution < 1.29 is 29.0 Å². The first kappa shape index (κ1) is 16.9. The summed E-state index contributed by atoms with van der Waals surface area (Å²) in [6.45, 7) is -0.218. The largest absolute Gasteiger partial charge is 0.481 e. The number of Topliss-reactive ketones (excluding diaryl/α,β-unsaturated/α-hetero) is 1. The van der Waals surface area contributed by atoms with E-state index < -0.39 is 18.0 Å². The van der Waals surface area contributed by atoms with Crippen LogP contribution in [0.4, 0.5) is 0 Å². The summed E-state index contributed by atoms with van der Waals surface area (Å²) in [6, 6.07) is 1.95. The van der Waals surface area contributed by atoms with Gasteiger partial charge in [-0.25, -0.2) is 0 Å². The van der Waals surface area contributed by atoms with E-state index in [4.69, 9.17) is 14.6 Å². The minimum absolute atomic E-state index is 0. The van der Waals surface area contributed by atoms with E-state index in [0.717, 1.165) is 0 Å². The number of hydrogen-bond donors (Lipinski definition) is 3. The Labute approximate surface area is 110 Å². The Balaban J connectivity index is 0.00000324. The molecule has 1 rings (SSSR count). The fourth-order valence-electron chi connectivity index (χ4n) is 1.32. The molecule has 0 aliphatic rings. The second-order valence-corrected chi connectivity index (χ2v) is 3.60. The molecule has 0 amide bonds. The van der Waals surface area contributed by atoms with Crippen molar-refractivity contribution in [2.24, 2.45) is 0 Å². The van der Waals surface area contributed by atoms with E-state index in [9.17, 15) is 14.4 Å². The number of rotatable bonds is 8. The van der Waals surface area contributed by atoms with Crippen LogP contribution in [-0.4, -0.2) is 40.5 Å². The van der Waals surface area contributed by atoms with Gasteiger partial charge >= 0.3 is 11.9 Å². The zero-order chi connectivity index (χ0) is 13.5. The molecule has 7 heteroatoms. The number of carbonyl (C=O) groups excluding carboxylic acids is 1. The van der Waals surface area contributed by atoms with Gasteiger partial charge in [0.25, 0.3) is 0 Å². The molecule has 106 valence electrons. The quantitative estimate of drug-likeness (QED) is 0.604. The second-order valence-electron chi connectivity index (χ2n) is 3.60. The number of aliphatic carboxylic acids is 2. The number of furan rings is 1. The maximum atomic E-state index is 11.5. The van der Waals surface area contributed by atoms with Crippen LogP contribution in [0.15, 0.2) is 22.8 Å². The Morgan fingerprint density at radius 3 is 2.47 bits per heavy atom. The number of ketones is 1. The molecule has 19 heavy (non-hydrogen) atoms. The van der Waals surface area contributed by atoms with E-state index in [2.05, 4.69) is 5.32 Å². The van der Waals surface area contributed by atoms with Gasteiger partial charge in [-0.15, -0.1) is 0 Å². The first-order chi connectivity index (χ1) is 8.50. The van der Waals surface area contributed by atoms with Gasteiger partial charge in [0.15, 0.2) is 5.76 Å². The van der Waals surface area contributed by atoms with Gasteiger partial charge in [-0.1, -0.05) is 7.43 Å². The lowest BCUT2D eigenvalue weighted by atomic mass is 10.1. The van der Waals surface area contributed by atoms with Crippen molar-refractivity contribution in [3.63, 3.8) is 0 Å². The van der Waals surface area contributed by atoms with Crippen LogP contribution in [-0.2, 0) is 9.59 Å². The highest BCUT2D eigenvalue weighted by molar-refractivity contribution is 5.95. The highest BCUT2D eigenvalue weighted by atomic mass is 16.4. The number of carbonyl (C=O) groups is 3. The van der Waals surface area contributed by atoms with Gasteiger partial charge in [0.2, 0.25) is 5.78 Å². The molecule has 0 fully saturated rings. The topological polar surface area (TPSA) is 117 Å². The van der Waals surface area contributed by atoms with Crippen LogP contribution >= 0.6 is 0 Å². The van der Waals surface area contributed by atoms with Crippen molar-refractivity contribution in [2.75, 3.05) is 6.54 Å². The smallest absolute Gasteiger partial charge is 0.320 e. The molecule has 1 unspecified atom stereocenters. The SMILES string of the molecule is C.O=C(O)CCC(NCC(=O)c1ccco1)C(=O)O. The van der Waals surface area contributed by atoms with Crippen LogP contribution in [0.3, 0.4) is 0 Å². The zero-order valence-corrected chi connectivity index (χ0v) is 9.46. The van der Waals surface area contributed by atoms with Gasteiger partial charge in [0.1, 0.15) is 6.04 Å². The highest BCUT2D eigenvalue weighted by Gasteiger charge is 2.20. The Bertz CT molecular complexity index is 425. The maximum Gasteiger partial charge on any atom is 0.320 e. The molecule has 0 saturated carbocycles. The van der Waals surface area contributed by atoms with E-state index in [1.54, 1.807) is 6.07 Å². The molecule has 1 heterocycles. The zero-order valence-electron chi connectivity index (χ0n) is 9.46. The van der Waals surface area contributed by atoms with Gasteiger partial charge in [0.05, 0.1) is 12.8 Å². The molecule has 0 aliphatic heterocycles. The molecule has 1 aromatic rings. The molecular weight excluding hydrogens is 254 g/mol. The third kappa shape index (κ3) is 5.82. The number of carboxylic acids is 2. The van der Waals surface area contributed by atoms with Crippen LogP contribution in [0, 0.1) is 0 Å². The summed E-state index contributed by atoms with van der Waals surface area (Å²) in [6.07, 6.45) is 0.974. The molecule has 0 aliphatic carbocycles. The minimum atomic E-state index is -1.19. The van der Waals surface area contributed by atoms with Crippen LogP contribution in [0.1, 0.15) is 30.8 Å². The van der Waals surface area contributed by atoms with Crippen LogP contribution in [0.25, 0.3) is 0 Å². The molecule has 0 bridgehead atoms. The van der Waals surface area contributed by atoms with Gasteiger partial charge in [-0.05, 0) is 18.6 Å². The second kappa shape index (κ2) is 8.04. The third-order valence-corrected chi connectivity index (χ3v) is 2.25. The fraction of sp³-hybridized carbons (Fsp3) is 0.417. The van der Waals surface area contributed by atoms with Gasteiger partial charge in [0, 0.05) is 6.42 Å². The van der Waals surface area contributed by atoms with E-state index in [0.29, 0.717) is 0 Å². The monoisotopic (exact) mass is 271 g/mol. The normalized spacial score (nSPS) is 11.4. The lowest BCUT2D eigenvalue weighted by Gasteiger charge is -2.11. The molecule has 0 radical (unpaired) electrons. The molecule has 1 atom stereocenters. The molecule has 0 aromatic carbocycles. The van der Waals surface area contributed by atoms with Crippen molar-refractivity contribution >= 4 is 17.7 Å². The van der Waals surface area contributed by atoms with Gasteiger partial charge < -0.3 is 14.6 Å². The van der Waals surface area contributed by atoms with Crippen LogP contribution < -0.4 is 5.32 Å². The average molecular weight is 271 g/mol. The molecular formula is C12H17NO6. The van der Waals surface area contributed by atoms with Crippen molar-refractivity contribution in [1.29, 1.82) is 0 Å². The predicted molar refractivity (Wildman–Crippen MR) is 66.1 cm³/mol. The van der Waals surface area contributed by atoms with Crippen LogP contribution in [0.5, 0.6) is 0 Å². The summed E-state index contributed by atoms with van der Waals surface area (Å²) >= 11 is 0. The lowest BCUT2D eigenvalue weighted by molar-refractivity contribution is -0.140. The van der Waals surface area contributed by atoms with E-state index in [1.165, 1.54) is 12.3 Å². The molecule has 7 nitrogen and oxygen atoms in total. The predicted octanol–water partition coefficient (Wildman–Crippen LogP) is 1.01. The minimum Gasteiger partial charge on any atom is -0.481 e. The van der Waals surface area contributed by atoms with Crippen molar-refractivity contribution in [3.8, 4) is 0 Å². The Kier molecular flexibility index (Phi) is 7.13. The van der Waals surface area contributed by atoms with E-state index >= 15 is 0 Å². The summed E-state index contributed by atoms with van der Waals surface area (Å²) in [7, 11) is 0.